The fraction of sp³-hybridized carbons (Fsp3) is 0.533. The lowest BCUT2D eigenvalue weighted by Gasteiger charge is -2.28. The molecule has 1 N–H and O–H groups in total. The molecule has 0 heterocycles. The molecule has 2 rings (SSSR count). The van der Waals surface area contributed by atoms with E-state index in [0.717, 1.165) is 11.0 Å². The van der Waals surface area contributed by atoms with Crippen molar-refractivity contribution in [3.63, 3.8) is 0 Å². The number of anilines is 1. The van der Waals surface area contributed by atoms with Gasteiger partial charge in [-0.3, -0.25) is 0 Å². The van der Waals surface area contributed by atoms with Crippen LogP contribution >= 0.6 is 15.9 Å². The zero-order valence-corrected chi connectivity index (χ0v) is 13.1. The largest absolute Gasteiger partial charge is 0.367 e. The summed E-state index contributed by atoms with van der Waals surface area (Å²) in [4.78, 5) is 2.40. The van der Waals surface area contributed by atoms with Crippen LogP contribution in [-0.4, -0.2) is 19.6 Å². The summed E-state index contributed by atoms with van der Waals surface area (Å²) in [5, 5.41) is 12.1. The first-order valence-corrected chi connectivity index (χ1v) is 7.57. The van der Waals surface area contributed by atoms with Gasteiger partial charge in [0, 0.05) is 28.8 Å². The Morgan fingerprint density at radius 2 is 2.26 bits per heavy atom. The third kappa shape index (κ3) is 3.49. The highest BCUT2D eigenvalue weighted by Crippen LogP contribution is 2.37. The van der Waals surface area contributed by atoms with Gasteiger partial charge in [-0.2, -0.15) is 5.26 Å². The van der Waals surface area contributed by atoms with E-state index in [4.69, 9.17) is 5.26 Å². The average molecular weight is 322 g/mol. The first-order chi connectivity index (χ1) is 9.17. The van der Waals surface area contributed by atoms with Crippen molar-refractivity contribution in [2.24, 2.45) is 0 Å². The summed E-state index contributed by atoms with van der Waals surface area (Å²) in [6, 6.07) is 9.62. The number of hydrogen-bond acceptors (Lipinski definition) is 3. The van der Waals surface area contributed by atoms with Crippen molar-refractivity contribution in [1.82, 2.24) is 5.32 Å². The Morgan fingerprint density at radius 3 is 2.84 bits per heavy atom. The van der Waals surface area contributed by atoms with E-state index in [9.17, 15) is 0 Å². The van der Waals surface area contributed by atoms with Gasteiger partial charge < -0.3 is 10.2 Å². The highest BCUT2D eigenvalue weighted by Gasteiger charge is 2.30. The predicted octanol–water partition coefficient (Wildman–Crippen LogP) is 3.61. The van der Waals surface area contributed by atoms with E-state index >= 15 is 0 Å². The Hall–Kier alpha value is -1.05. The minimum atomic E-state index is 0.312. The van der Waals surface area contributed by atoms with Gasteiger partial charge >= 0.3 is 0 Å². The van der Waals surface area contributed by atoms with Crippen LogP contribution in [0.5, 0.6) is 0 Å². The van der Waals surface area contributed by atoms with E-state index in [1.165, 1.54) is 24.1 Å². The minimum absolute atomic E-state index is 0.312. The molecule has 1 aromatic carbocycles. The lowest BCUT2D eigenvalue weighted by Crippen LogP contribution is -2.29. The SMILES string of the molecule is CNC(C)c1ccc(Br)cc1N(CCC#N)C1CC1. The van der Waals surface area contributed by atoms with Gasteiger partial charge in [-0.1, -0.05) is 22.0 Å². The Morgan fingerprint density at radius 1 is 1.53 bits per heavy atom. The molecule has 0 bridgehead atoms. The third-order valence-electron chi connectivity index (χ3n) is 3.65. The molecule has 0 amide bonds. The summed E-state index contributed by atoms with van der Waals surface area (Å²) in [5.41, 5.74) is 2.56. The van der Waals surface area contributed by atoms with Crippen LogP contribution in [0.2, 0.25) is 0 Å². The second-order valence-electron chi connectivity index (χ2n) is 5.05. The molecular weight excluding hydrogens is 302 g/mol. The van der Waals surface area contributed by atoms with E-state index in [-0.39, 0.29) is 0 Å². The van der Waals surface area contributed by atoms with Gasteiger partial charge in [-0.25, -0.2) is 0 Å². The molecule has 3 nitrogen and oxygen atoms in total. The summed E-state index contributed by atoms with van der Waals surface area (Å²) >= 11 is 3.56. The Labute approximate surface area is 123 Å². The second-order valence-corrected chi connectivity index (χ2v) is 5.96. The maximum atomic E-state index is 8.85. The van der Waals surface area contributed by atoms with E-state index in [2.05, 4.69) is 57.3 Å². The maximum Gasteiger partial charge on any atom is 0.0640 e. The minimum Gasteiger partial charge on any atom is -0.367 e. The first-order valence-electron chi connectivity index (χ1n) is 6.77. The number of halogens is 1. The van der Waals surface area contributed by atoms with Crippen molar-refractivity contribution >= 4 is 21.6 Å². The van der Waals surface area contributed by atoms with E-state index < -0.39 is 0 Å². The molecule has 0 radical (unpaired) electrons. The summed E-state index contributed by atoms with van der Waals surface area (Å²) in [5.74, 6) is 0. The molecule has 0 aromatic heterocycles. The fourth-order valence-electron chi connectivity index (χ4n) is 2.34. The molecule has 0 spiro atoms. The normalized spacial score (nSPS) is 15.9. The Bertz CT molecular complexity index is 477. The molecule has 0 saturated heterocycles. The molecule has 102 valence electrons. The van der Waals surface area contributed by atoms with E-state index in [1.54, 1.807) is 0 Å². The van der Waals surface area contributed by atoms with Crippen LogP contribution in [0, 0.1) is 11.3 Å². The fourth-order valence-corrected chi connectivity index (χ4v) is 2.69. The van der Waals surface area contributed by atoms with Gasteiger partial charge in [0.2, 0.25) is 0 Å². The molecule has 1 aliphatic rings. The van der Waals surface area contributed by atoms with Gasteiger partial charge in [-0.05, 0) is 44.5 Å². The Kier molecular flexibility index (Phi) is 4.84. The molecule has 1 saturated carbocycles. The lowest BCUT2D eigenvalue weighted by molar-refractivity contribution is 0.645. The molecule has 4 heteroatoms. The monoisotopic (exact) mass is 321 g/mol. The van der Waals surface area contributed by atoms with Gasteiger partial charge in [-0.15, -0.1) is 0 Å². The van der Waals surface area contributed by atoms with Crippen LogP contribution in [0.1, 0.15) is 37.8 Å². The van der Waals surface area contributed by atoms with Gasteiger partial charge in [0.25, 0.3) is 0 Å². The van der Waals surface area contributed by atoms with Gasteiger partial charge in [0.1, 0.15) is 0 Å². The highest BCUT2D eigenvalue weighted by molar-refractivity contribution is 9.10. The van der Waals surface area contributed by atoms with Crippen molar-refractivity contribution in [3.8, 4) is 6.07 Å². The molecule has 1 atom stereocenters. The molecule has 19 heavy (non-hydrogen) atoms. The Balaban J connectivity index is 2.33. The van der Waals surface area contributed by atoms with E-state index in [0.29, 0.717) is 18.5 Å². The van der Waals surface area contributed by atoms with Crippen molar-refractivity contribution in [2.45, 2.75) is 38.3 Å². The van der Waals surface area contributed by atoms with Crippen LogP contribution in [0.3, 0.4) is 0 Å². The van der Waals surface area contributed by atoms with Gasteiger partial charge in [0.15, 0.2) is 0 Å². The predicted molar refractivity (Wildman–Crippen MR) is 82.2 cm³/mol. The zero-order chi connectivity index (χ0) is 13.8. The number of nitriles is 1. The molecule has 0 aliphatic heterocycles. The summed E-state index contributed by atoms with van der Waals surface area (Å²) in [6.45, 7) is 2.99. The summed E-state index contributed by atoms with van der Waals surface area (Å²) in [6.07, 6.45) is 3.06. The van der Waals surface area contributed by atoms with E-state index in [1.807, 2.05) is 7.05 Å². The highest BCUT2D eigenvalue weighted by atomic mass is 79.9. The molecule has 1 aliphatic carbocycles. The van der Waals surface area contributed by atoms with Gasteiger partial charge in [0.05, 0.1) is 12.5 Å². The lowest BCUT2D eigenvalue weighted by atomic mass is 10.0. The number of benzene rings is 1. The van der Waals surface area contributed by atoms with Crippen molar-refractivity contribution in [3.05, 3.63) is 28.2 Å². The number of hydrogen-bond donors (Lipinski definition) is 1. The average Bonchev–Trinajstić information content (AvgIpc) is 3.23. The first kappa shape index (κ1) is 14.4. The van der Waals surface area contributed by atoms with Crippen molar-refractivity contribution in [2.75, 3.05) is 18.5 Å². The topological polar surface area (TPSA) is 39.1 Å². The summed E-state index contributed by atoms with van der Waals surface area (Å²) in [7, 11) is 1.98. The number of nitrogens with zero attached hydrogens (tertiary/aromatic N) is 2. The quantitative estimate of drug-likeness (QED) is 0.869. The standard InChI is InChI=1S/C15H20BrN3/c1-11(18-2)14-7-4-12(16)10-15(14)19(9-3-8-17)13-5-6-13/h4,7,10-11,13,18H,3,5-6,9H2,1-2H3. The van der Waals surface area contributed by atoms with Crippen LogP contribution in [0.4, 0.5) is 5.69 Å². The zero-order valence-electron chi connectivity index (χ0n) is 11.5. The smallest absolute Gasteiger partial charge is 0.0640 e. The number of rotatable bonds is 6. The number of nitrogens with one attached hydrogen (secondary N) is 1. The molecule has 1 unspecified atom stereocenters. The molecule has 1 fully saturated rings. The van der Waals surface area contributed by atoms with Crippen LogP contribution in [-0.2, 0) is 0 Å². The van der Waals surface area contributed by atoms with Crippen LogP contribution in [0.25, 0.3) is 0 Å². The third-order valence-corrected chi connectivity index (χ3v) is 4.15. The molecule has 1 aromatic rings. The second kappa shape index (κ2) is 6.40. The van der Waals surface area contributed by atoms with Crippen LogP contribution in [0.15, 0.2) is 22.7 Å². The van der Waals surface area contributed by atoms with Crippen molar-refractivity contribution in [1.29, 1.82) is 5.26 Å². The molecular formula is C15H20BrN3. The summed E-state index contributed by atoms with van der Waals surface area (Å²) < 4.78 is 1.09. The van der Waals surface area contributed by atoms with Crippen LogP contribution < -0.4 is 10.2 Å². The van der Waals surface area contributed by atoms with Crippen molar-refractivity contribution < 1.29 is 0 Å². The maximum absolute atomic E-state index is 8.85.